The lowest BCUT2D eigenvalue weighted by Gasteiger charge is -2.40. The van der Waals surface area contributed by atoms with Crippen LogP contribution < -0.4 is 9.80 Å². The molecule has 0 saturated carbocycles. The Morgan fingerprint density at radius 2 is 0.196 bits per heavy atom. The normalized spacial score (nSPS) is 11.6. The van der Waals surface area contributed by atoms with Crippen LogP contribution in [-0.2, 0) is 0 Å². The van der Waals surface area contributed by atoms with Crippen LogP contribution >= 0.6 is 0 Å². The Hall–Kier alpha value is -4.30. The highest BCUT2D eigenvalue weighted by Gasteiger charge is 2.33. The van der Waals surface area contributed by atoms with E-state index in [4.69, 9.17) is 0 Å². The third-order valence-corrected chi connectivity index (χ3v) is 15.7. The van der Waals surface area contributed by atoms with Crippen molar-refractivity contribution in [1.29, 1.82) is 0 Å². The molecule has 56 heavy (non-hydrogen) atoms. The van der Waals surface area contributed by atoms with Gasteiger partial charge in [0.05, 0.1) is 34.1 Å². The summed E-state index contributed by atoms with van der Waals surface area (Å²) in [5.41, 5.74) is 40.6. The van der Waals surface area contributed by atoms with Crippen LogP contribution in [0.5, 0.6) is 0 Å². The fraction of sp³-hybridized carbons (Fsp3) is 0.444. The average molecular weight is 749 g/mol. The van der Waals surface area contributed by atoms with Crippen LogP contribution in [0.2, 0.25) is 0 Å². The van der Waals surface area contributed by atoms with Crippen LogP contribution in [0.3, 0.4) is 0 Å². The van der Waals surface area contributed by atoms with E-state index in [0.717, 1.165) is 0 Å². The molecule has 0 aliphatic rings. The first-order valence-corrected chi connectivity index (χ1v) is 20.8. The average Bonchev–Trinajstić information content (AvgIpc) is 3.16. The zero-order valence-corrected chi connectivity index (χ0v) is 39.9. The molecular formula is C54H72N2. The van der Waals surface area contributed by atoms with Crippen molar-refractivity contribution < 1.29 is 0 Å². The molecule has 2 heteroatoms. The predicted octanol–water partition coefficient (Wildman–Crippen LogP) is 16.0. The quantitative estimate of drug-likeness (QED) is 0.171. The Morgan fingerprint density at radius 3 is 0.304 bits per heavy atom. The van der Waals surface area contributed by atoms with E-state index in [1.54, 1.807) is 0 Å². The molecule has 0 aromatic heterocycles. The Labute approximate surface area is 342 Å². The molecule has 0 atom stereocenters. The summed E-state index contributed by atoms with van der Waals surface area (Å²) in [7, 11) is 0. The molecule has 5 aromatic carbocycles. The van der Waals surface area contributed by atoms with E-state index < -0.39 is 0 Å². The van der Waals surface area contributed by atoms with Gasteiger partial charge >= 0.3 is 0 Å². The van der Waals surface area contributed by atoms with Gasteiger partial charge in [-0.05, 0) is 300 Å². The molecule has 0 amide bonds. The number of hydrogen-bond acceptors (Lipinski definition) is 2. The second-order valence-electron chi connectivity index (χ2n) is 17.8. The first kappa shape index (κ1) is 42.8. The maximum Gasteiger partial charge on any atom is 0.0527 e. The third-order valence-electron chi connectivity index (χ3n) is 15.7. The molecule has 0 aliphatic carbocycles. The molecule has 0 fully saturated rings. The van der Waals surface area contributed by atoms with E-state index in [2.05, 4.69) is 176 Å². The van der Waals surface area contributed by atoms with Crippen LogP contribution in [0, 0.1) is 166 Å². The summed E-state index contributed by atoms with van der Waals surface area (Å²) in [6.07, 6.45) is 0. The molecule has 0 aliphatic heterocycles. The molecule has 0 heterocycles. The zero-order chi connectivity index (χ0) is 42.5. The molecule has 5 aromatic rings. The summed E-state index contributed by atoms with van der Waals surface area (Å²) in [5, 5.41) is 0. The van der Waals surface area contributed by atoms with Gasteiger partial charge in [0.1, 0.15) is 0 Å². The second-order valence-corrected chi connectivity index (χ2v) is 17.8. The summed E-state index contributed by atoms with van der Waals surface area (Å²) in [5.74, 6) is 0. The van der Waals surface area contributed by atoms with Gasteiger partial charge in [-0.2, -0.15) is 0 Å². The maximum atomic E-state index is 2.69. The Bertz CT molecular complexity index is 2040. The fourth-order valence-corrected chi connectivity index (χ4v) is 9.88. The second kappa shape index (κ2) is 14.9. The molecular weight excluding hydrogens is 677 g/mol. The van der Waals surface area contributed by atoms with Gasteiger partial charge in [-0.15, -0.1) is 0 Å². The van der Waals surface area contributed by atoms with Crippen LogP contribution in [0.15, 0.2) is 0 Å². The smallest absolute Gasteiger partial charge is 0.0527 e. The van der Waals surface area contributed by atoms with E-state index in [-0.39, 0.29) is 0 Å². The lowest BCUT2D eigenvalue weighted by molar-refractivity contribution is 1.05. The van der Waals surface area contributed by atoms with Gasteiger partial charge in [0.25, 0.3) is 0 Å². The van der Waals surface area contributed by atoms with Crippen molar-refractivity contribution in [2.24, 2.45) is 0 Å². The van der Waals surface area contributed by atoms with Crippen LogP contribution in [0.25, 0.3) is 0 Å². The molecule has 5 rings (SSSR count). The number of rotatable bonds is 6. The number of hydrogen-bond donors (Lipinski definition) is 0. The van der Waals surface area contributed by atoms with E-state index in [0.29, 0.717) is 0 Å². The minimum absolute atomic E-state index is 1.31. The van der Waals surface area contributed by atoms with Crippen LogP contribution in [0.4, 0.5) is 34.1 Å². The minimum atomic E-state index is 1.31. The standard InChI is InChI=1S/C54H72N2/c1-25-29(5)37(13)49(38(14)30(25)6)55(50-39(15)31(7)26(2)32(8)40(50)16)53-45(21)47(23)54(48(24)46(53)22)56(51-41(17)33(9)27(3)34(10)42(51)18)52-43(19)35(11)28(4)36(12)44(52)20/h1-24H3. The summed E-state index contributed by atoms with van der Waals surface area (Å²) in [6, 6.07) is 0. The van der Waals surface area contributed by atoms with E-state index in [1.165, 1.54) is 168 Å². The molecule has 0 saturated heterocycles. The highest BCUT2D eigenvalue weighted by molar-refractivity contribution is 5.95. The summed E-state index contributed by atoms with van der Waals surface area (Å²) >= 11 is 0. The topological polar surface area (TPSA) is 6.48 Å². The molecule has 298 valence electrons. The Kier molecular flexibility index (Phi) is 11.4. The maximum absolute atomic E-state index is 2.69. The van der Waals surface area contributed by atoms with Gasteiger partial charge in [-0.3, -0.25) is 0 Å². The van der Waals surface area contributed by atoms with Crippen LogP contribution in [0.1, 0.15) is 134 Å². The lowest BCUT2D eigenvalue weighted by atomic mass is 9.85. The summed E-state index contributed by atoms with van der Waals surface area (Å²) in [6.45, 7) is 56.0. The highest BCUT2D eigenvalue weighted by Crippen LogP contribution is 2.54. The van der Waals surface area contributed by atoms with Gasteiger partial charge in [-0.1, -0.05) is 0 Å². The van der Waals surface area contributed by atoms with Gasteiger partial charge in [0.2, 0.25) is 0 Å². The molecule has 0 spiro atoms. The van der Waals surface area contributed by atoms with Crippen molar-refractivity contribution in [3.63, 3.8) is 0 Å². The highest BCUT2D eigenvalue weighted by atomic mass is 15.2. The van der Waals surface area contributed by atoms with Gasteiger partial charge in [-0.25, -0.2) is 0 Å². The van der Waals surface area contributed by atoms with Crippen molar-refractivity contribution in [2.75, 3.05) is 9.80 Å². The van der Waals surface area contributed by atoms with Crippen molar-refractivity contribution in [3.05, 3.63) is 134 Å². The van der Waals surface area contributed by atoms with E-state index >= 15 is 0 Å². The summed E-state index contributed by atoms with van der Waals surface area (Å²) in [4.78, 5) is 5.39. The van der Waals surface area contributed by atoms with Crippen molar-refractivity contribution in [1.82, 2.24) is 0 Å². The predicted molar refractivity (Wildman–Crippen MR) is 249 cm³/mol. The largest absolute Gasteiger partial charge is 0.309 e. The number of nitrogens with zero attached hydrogens (tertiary/aromatic N) is 2. The molecule has 0 N–H and O–H groups in total. The van der Waals surface area contributed by atoms with Crippen molar-refractivity contribution >= 4 is 34.1 Å². The van der Waals surface area contributed by atoms with Crippen molar-refractivity contribution in [2.45, 2.75) is 166 Å². The van der Waals surface area contributed by atoms with Crippen molar-refractivity contribution in [3.8, 4) is 0 Å². The monoisotopic (exact) mass is 749 g/mol. The number of benzene rings is 5. The summed E-state index contributed by atoms with van der Waals surface area (Å²) < 4.78 is 0. The van der Waals surface area contributed by atoms with Gasteiger partial charge in [0, 0.05) is 0 Å². The zero-order valence-electron chi connectivity index (χ0n) is 39.9. The van der Waals surface area contributed by atoms with E-state index in [9.17, 15) is 0 Å². The Morgan fingerprint density at radius 1 is 0.125 bits per heavy atom. The van der Waals surface area contributed by atoms with Gasteiger partial charge in [0.15, 0.2) is 0 Å². The first-order valence-electron chi connectivity index (χ1n) is 20.8. The Balaban J connectivity index is 2.07. The fourth-order valence-electron chi connectivity index (χ4n) is 9.88. The van der Waals surface area contributed by atoms with Crippen LogP contribution in [-0.4, -0.2) is 0 Å². The lowest BCUT2D eigenvalue weighted by Crippen LogP contribution is -2.24. The molecule has 2 nitrogen and oxygen atoms in total. The van der Waals surface area contributed by atoms with Gasteiger partial charge < -0.3 is 9.80 Å². The molecule has 0 radical (unpaired) electrons. The van der Waals surface area contributed by atoms with E-state index in [1.807, 2.05) is 0 Å². The third kappa shape index (κ3) is 6.04. The molecule has 0 unspecified atom stereocenters. The SMILES string of the molecule is Cc1c(C)c(C)c(N(c2c(C)c(C)c(C)c(C)c2C)c2c(C)c(C)c(N(c3c(C)c(C)c(C)c(C)c3C)c3c(C)c(C)c(C)c(C)c3C)c(C)c2C)c(C)c1C. The first-order chi connectivity index (χ1) is 25.9. The molecule has 0 bridgehead atoms. The number of anilines is 6. The minimum Gasteiger partial charge on any atom is -0.309 e.